The largest absolute Gasteiger partial charge is 0.353 e. The summed E-state index contributed by atoms with van der Waals surface area (Å²) in [5.74, 6) is 0. The Morgan fingerprint density at radius 2 is 1.90 bits per heavy atom. The van der Waals surface area contributed by atoms with Gasteiger partial charge in [0.1, 0.15) is 0 Å². The molecule has 0 aliphatic heterocycles. The van der Waals surface area contributed by atoms with Crippen LogP contribution in [0.2, 0.25) is 0 Å². The zero-order chi connectivity index (χ0) is 7.98. The molecule has 0 aromatic rings. The third kappa shape index (κ3) is 6.01. The van der Waals surface area contributed by atoms with Gasteiger partial charge in [-0.2, -0.15) is 0 Å². The highest BCUT2D eigenvalue weighted by atomic mass is 16.7. The summed E-state index contributed by atoms with van der Waals surface area (Å²) >= 11 is 0. The van der Waals surface area contributed by atoms with Gasteiger partial charge in [-0.1, -0.05) is 0 Å². The summed E-state index contributed by atoms with van der Waals surface area (Å²) in [6, 6.07) is 0.0860. The fourth-order valence-corrected chi connectivity index (χ4v) is 0.570. The number of nitrogens with two attached hydrogens (primary N) is 1. The van der Waals surface area contributed by atoms with Crippen LogP contribution in [-0.2, 0) is 9.47 Å². The lowest BCUT2D eigenvalue weighted by atomic mass is 10.4. The molecule has 0 radical (unpaired) electrons. The lowest BCUT2D eigenvalue weighted by Gasteiger charge is -2.13. The average Bonchev–Trinajstić information content (AvgIpc) is 1.85. The van der Waals surface area contributed by atoms with Gasteiger partial charge in [0.15, 0.2) is 6.29 Å². The molecule has 0 spiro atoms. The third-order valence-corrected chi connectivity index (χ3v) is 0.995. The molecule has 2 unspecified atom stereocenters. The highest BCUT2D eigenvalue weighted by Gasteiger charge is 2.00. The Balaban J connectivity index is 3.12. The quantitative estimate of drug-likeness (QED) is 0.583. The number of hydrogen-bond acceptors (Lipinski definition) is 3. The lowest BCUT2D eigenvalue weighted by molar-refractivity contribution is -0.129. The lowest BCUT2D eigenvalue weighted by Crippen LogP contribution is -2.26. The Hall–Kier alpha value is -0.120. The van der Waals surface area contributed by atoms with Crippen LogP contribution in [0.25, 0.3) is 0 Å². The van der Waals surface area contributed by atoms with Gasteiger partial charge in [-0.15, -0.1) is 0 Å². The van der Waals surface area contributed by atoms with Crippen LogP contribution >= 0.6 is 0 Å². The van der Waals surface area contributed by atoms with Crippen molar-refractivity contribution < 1.29 is 9.47 Å². The first-order valence-corrected chi connectivity index (χ1v) is 3.65. The Kier molecular flexibility index (Phi) is 5.58. The molecule has 2 N–H and O–H groups in total. The van der Waals surface area contributed by atoms with Crippen LogP contribution in [0.15, 0.2) is 0 Å². The van der Waals surface area contributed by atoms with E-state index in [0.29, 0.717) is 13.2 Å². The van der Waals surface area contributed by atoms with E-state index in [0.717, 1.165) is 0 Å². The highest BCUT2D eigenvalue weighted by molar-refractivity contribution is 4.48. The monoisotopic (exact) mass is 147 g/mol. The molecule has 0 amide bonds. The Morgan fingerprint density at radius 1 is 1.30 bits per heavy atom. The molecule has 3 nitrogen and oxygen atoms in total. The molecule has 3 heteroatoms. The van der Waals surface area contributed by atoms with Gasteiger partial charge in [0, 0.05) is 12.6 Å². The Labute approximate surface area is 62.5 Å². The molecule has 0 bridgehead atoms. The molecule has 2 atom stereocenters. The van der Waals surface area contributed by atoms with Gasteiger partial charge in [-0.3, -0.25) is 0 Å². The fraction of sp³-hybridized carbons (Fsp3) is 1.00. The van der Waals surface area contributed by atoms with E-state index in [1.165, 1.54) is 0 Å². The summed E-state index contributed by atoms with van der Waals surface area (Å²) in [6.45, 7) is 6.94. The predicted molar refractivity (Wildman–Crippen MR) is 40.7 cm³/mol. The summed E-state index contributed by atoms with van der Waals surface area (Å²) in [7, 11) is 0. The first kappa shape index (κ1) is 9.88. The minimum atomic E-state index is -0.129. The van der Waals surface area contributed by atoms with E-state index in [-0.39, 0.29) is 12.3 Å². The molecule has 0 aliphatic carbocycles. The van der Waals surface area contributed by atoms with E-state index in [4.69, 9.17) is 15.2 Å². The van der Waals surface area contributed by atoms with E-state index >= 15 is 0 Å². The molecule has 0 heterocycles. The maximum atomic E-state index is 5.46. The number of rotatable bonds is 5. The first-order chi connectivity index (χ1) is 4.66. The molecule has 10 heavy (non-hydrogen) atoms. The van der Waals surface area contributed by atoms with Crippen LogP contribution < -0.4 is 5.73 Å². The van der Waals surface area contributed by atoms with E-state index in [2.05, 4.69) is 0 Å². The van der Waals surface area contributed by atoms with Crippen molar-refractivity contribution in [1.82, 2.24) is 0 Å². The van der Waals surface area contributed by atoms with Gasteiger partial charge in [-0.25, -0.2) is 0 Å². The maximum Gasteiger partial charge on any atom is 0.154 e. The Bertz CT molecular complexity index is 76.0. The predicted octanol–water partition coefficient (Wildman–Crippen LogP) is 0.733. The van der Waals surface area contributed by atoms with Gasteiger partial charge in [0.25, 0.3) is 0 Å². The van der Waals surface area contributed by atoms with Gasteiger partial charge in [-0.05, 0) is 20.8 Å². The zero-order valence-electron chi connectivity index (χ0n) is 6.96. The van der Waals surface area contributed by atoms with E-state index in [1.807, 2.05) is 20.8 Å². The molecule has 62 valence electrons. The molecule has 0 rings (SSSR count). The molecular weight excluding hydrogens is 130 g/mol. The van der Waals surface area contributed by atoms with E-state index < -0.39 is 0 Å². The molecule has 0 aromatic carbocycles. The van der Waals surface area contributed by atoms with Gasteiger partial charge >= 0.3 is 0 Å². The highest BCUT2D eigenvalue weighted by Crippen LogP contribution is 1.92. The summed E-state index contributed by atoms with van der Waals surface area (Å²) in [5, 5.41) is 0. The van der Waals surface area contributed by atoms with Crippen LogP contribution in [0.1, 0.15) is 20.8 Å². The van der Waals surface area contributed by atoms with Gasteiger partial charge in [0.2, 0.25) is 0 Å². The average molecular weight is 147 g/mol. The maximum absolute atomic E-state index is 5.46. The fourth-order valence-electron chi connectivity index (χ4n) is 0.570. The smallest absolute Gasteiger partial charge is 0.154 e. The SMILES string of the molecule is CCOC(C)OCC(C)N. The minimum Gasteiger partial charge on any atom is -0.353 e. The van der Waals surface area contributed by atoms with Crippen LogP contribution in [0, 0.1) is 0 Å². The molecule has 0 aromatic heterocycles. The summed E-state index contributed by atoms with van der Waals surface area (Å²) < 4.78 is 10.3. The normalized spacial score (nSPS) is 16.8. The van der Waals surface area contributed by atoms with Crippen molar-refractivity contribution in [2.75, 3.05) is 13.2 Å². The van der Waals surface area contributed by atoms with Crippen molar-refractivity contribution in [3.05, 3.63) is 0 Å². The van der Waals surface area contributed by atoms with Gasteiger partial charge < -0.3 is 15.2 Å². The van der Waals surface area contributed by atoms with Crippen LogP contribution in [-0.4, -0.2) is 25.5 Å². The topological polar surface area (TPSA) is 44.5 Å². The zero-order valence-corrected chi connectivity index (χ0v) is 6.96. The van der Waals surface area contributed by atoms with Crippen molar-refractivity contribution in [3.8, 4) is 0 Å². The second kappa shape index (κ2) is 5.65. The summed E-state index contributed by atoms with van der Waals surface area (Å²) in [6.07, 6.45) is -0.129. The van der Waals surface area contributed by atoms with Crippen LogP contribution in [0.5, 0.6) is 0 Å². The Morgan fingerprint density at radius 3 is 2.30 bits per heavy atom. The number of ether oxygens (including phenoxy) is 2. The molecule has 0 fully saturated rings. The molecule has 0 aliphatic rings. The van der Waals surface area contributed by atoms with E-state index in [1.54, 1.807) is 0 Å². The van der Waals surface area contributed by atoms with Crippen LogP contribution in [0.3, 0.4) is 0 Å². The van der Waals surface area contributed by atoms with Crippen molar-refractivity contribution in [2.45, 2.75) is 33.1 Å². The second-order valence-electron chi connectivity index (χ2n) is 2.33. The third-order valence-electron chi connectivity index (χ3n) is 0.995. The standard InChI is InChI=1S/C7H17NO2/c1-4-9-7(3)10-5-6(2)8/h6-7H,4-5,8H2,1-3H3. The van der Waals surface area contributed by atoms with Crippen molar-refractivity contribution in [1.29, 1.82) is 0 Å². The van der Waals surface area contributed by atoms with Crippen molar-refractivity contribution in [3.63, 3.8) is 0 Å². The molecule has 0 saturated carbocycles. The minimum absolute atomic E-state index is 0.0860. The molecular formula is C7H17NO2. The van der Waals surface area contributed by atoms with E-state index in [9.17, 15) is 0 Å². The number of hydrogen-bond donors (Lipinski definition) is 1. The molecule has 0 saturated heterocycles. The summed E-state index contributed by atoms with van der Waals surface area (Å²) in [4.78, 5) is 0. The summed E-state index contributed by atoms with van der Waals surface area (Å²) in [5.41, 5.74) is 5.46. The van der Waals surface area contributed by atoms with Crippen molar-refractivity contribution >= 4 is 0 Å². The van der Waals surface area contributed by atoms with Crippen molar-refractivity contribution in [2.24, 2.45) is 5.73 Å². The first-order valence-electron chi connectivity index (χ1n) is 3.65. The van der Waals surface area contributed by atoms with Crippen LogP contribution in [0.4, 0.5) is 0 Å². The second-order valence-corrected chi connectivity index (χ2v) is 2.33. The van der Waals surface area contributed by atoms with Gasteiger partial charge in [0.05, 0.1) is 6.61 Å².